The van der Waals surface area contributed by atoms with Crippen molar-refractivity contribution < 1.29 is 9.13 Å². The first-order valence-corrected chi connectivity index (χ1v) is 7.52. The van der Waals surface area contributed by atoms with E-state index < -0.39 is 5.82 Å². The van der Waals surface area contributed by atoms with Crippen LogP contribution in [0.3, 0.4) is 0 Å². The molecule has 0 aliphatic heterocycles. The summed E-state index contributed by atoms with van der Waals surface area (Å²) in [5.41, 5.74) is 6.93. The highest BCUT2D eigenvalue weighted by molar-refractivity contribution is 7.99. The van der Waals surface area contributed by atoms with Gasteiger partial charge in [-0.15, -0.1) is 0 Å². The maximum Gasteiger partial charge on any atom is 0.167 e. The molecule has 1 aromatic rings. The largest absolute Gasteiger partial charge is 0.488 e. The van der Waals surface area contributed by atoms with Gasteiger partial charge in [0.2, 0.25) is 0 Å². The molecule has 3 N–H and O–H groups in total. The number of benzene rings is 1. The lowest BCUT2D eigenvalue weighted by molar-refractivity contribution is 0.231. The van der Waals surface area contributed by atoms with E-state index in [4.69, 9.17) is 10.5 Å². The van der Waals surface area contributed by atoms with Crippen LogP contribution in [0.25, 0.3) is 0 Å². The third-order valence-corrected chi connectivity index (χ3v) is 3.97. The highest BCUT2D eigenvalue weighted by Crippen LogP contribution is 2.30. The van der Waals surface area contributed by atoms with E-state index in [9.17, 15) is 4.39 Å². The smallest absolute Gasteiger partial charge is 0.167 e. The number of hydrogen-bond acceptors (Lipinski definition) is 4. The summed E-state index contributed by atoms with van der Waals surface area (Å²) in [7, 11) is 0. The number of thioether (sulfide) groups is 1. The fraction of sp³-hybridized carbons (Fsp3) is 0.571. The van der Waals surface area contributed by atoms with Crippen molar-refractivity contribution >= 4 is 23.1 Å². The summed E-state index contributed by atoms with van der Waals surface area (Å²) in [4.78, 5) is 0. The molecular formula is C14H23FN2OS. The minimum Gasteiger partial charge on any atom is -0.488 e. The first-order chi connectivity index (χ1) is 8.75. The fourth-order valence-corrected chi connectivity index (χ4v) is 1.66. The predicted octanol–water partition coefficient (Wildman–Crippen LogP) is 3.75. The summed E-state index contributed by atoms with van der Waals surface area (Å²) in [5, 5.41) is 3.25. The van der Waals surface area contributed by atoms with Crippen LogP contribution in [0.5, 0.6) is 5.75 Å². The Morgan fingerprint density at radius 1 is 1.42 bits per heavy atom. The fourth-order valence-electron chi connectivity index (χ4n) is 1.45. The molecule has 0 saturated carbocycles. The standard InChI is InChI=1S/C14H23FN2OS/c1-9(2)18-13-7-12(11(16)6-10(13)15)17-8-14(3,4)19-5/h6-7,9,17H,8,16H2,1-5H3. The molecule has 0 amide bonds. The van der Waals surface area contributed by atoms with Crippen LogP contribution in [0.2, 0.25) is 0 Å². The molecule has 0 aliphatic rings. The van der Waals surface area contributed by atoms with E-state index in [1.165, 1.54) is 6.07 Å². The second-order valence-corrected chi connectivity index (χ2v) is 6.87. The van der Waals surface area contributed by atoms with Gasteiger partial charge in [0.15, 0.2) is 11.6 Å². The first-order valence-electron chi connectivity index (χ1n) is 6.30. The molecule has 0 spiro atoms. The van der Waals surface area contributed by atoms with E-state index in [1.807, 2.05) is 13.8 Å². The average molecular weight is 286 g/mol. The van der Waals surface area contributed by atoms with Gasteiger partial charge < -0.3 is 15.8 Å². The van der Waals surface area contributed by atoms with Crippen LogP contribution in [0, 0.1) is 5.82 Å². The van der Waals surface area contributed by atoms with Crippen molar-refractivity contribution in [2.24, 2.45) is 0 Å². The Labute approximate surface area is 119 Å². The zero-order valence-corrected chi connectivity index (χ0v) is 13.0. The van der Waals surface area contributed by atoms with Crippen molar-refractivity contribution in [2.45, 2.75) is 38.5 Å². The number of ether oxygens (including phenoxy) is 1. The highest BCUT2D eigenvalue weighted by Gasteiger charge is 2.17. The Kier molecular flexibility index (Phi) is 5.35. The molecule has 0 heterocycles. The summed E-state index contributed by atoms with van der Waals surface area (Å²) >= 11 is 1.76. The van der Waals surface area contributed by atoms with Crippen molar-refractivity contribution in [1.82, 2.24) is 0 Å². The van der Waals surface area contributed by atoms with Gasteiger partial charge in [-0.1, -0.05) is 0 Å². The van der Waals surface area contributed by atoms with Crippen LogP contribution in [0.1, 0.15) is 27.7 Å². The SMILES string of the molecule is CSC(C)(C)CNc1cc(OC(C)C)c(F)cc1N. The van der Waals surface area contributed by atoms with Crippen LogP contribution in [-0.4, -0.2) is 23.7 Å². The second-order valence-electron chi connectivity index (χ2n) is 5.35. The molecule has 0 unspecified atom stereocenters. The van der Waals surface area contributed by atoms with E-state index in [0.717, 1.165) is 6.54 Å². The van der Waals surface area contributed by atoms with Gasteiger partial charge in [-0.3, -0.25) is 0 Å². The number of nitrogens with one attached hydrogen (secondary N) is 1. The summed E-state index contributed by atoms with van der Waals surface area (Å²) in [6.07, 6.45) is 1.98. The van der Waals surface area contributed by atoms with E-state index in [-0.39, 0.29) is 16.6 Å². The third-order valence-electron chi connectivity index (χ3n) is 2.72. The summed E-state index contributed by atoms with van der Waals surface area (Å²) in [6.45, 7) is 8.73. The summed E-state index contributed by atoms with van der Waals surface area (Å²) < 4.78 is 19.2. The zero-order valence-electron chi connectivity index (χ0n) is 12.2. The molecule has 0 saturated heterocycles. The Morgan fingerprint density at radius 3 is 2.58 bits per heavy atom. The van der Waals surface area contributed by atoms with E-state index >= 15 is 0 Å². The Morgan fingerprint density at radius 2 is 2.05 bits per heavy atom. The first kappa shape index (κ1) is 16.0. The topological polar surface area (TPSA) is 47.3 Å². The summed E-state index contributed by atoms with van der Waals surface area (Å²) in [5.74, 6) is -0.200. The number of anilines is 2. The molecule has 0 radical (unpaired) electrons. The molecular weight excluding hydrogens is 263 g/mol. The van der Waals surface area contributed by atoms with Crippen LogP contribution >= 0.6 is 11.8 Å². The van der Waals surface area contributed by atoms with Crippen LogP contribution in [-0.2, 0) is 0 Å². The van der Waals surface area contributed by atoms with E-state index in [1.54, 1.807) is 17.8 Å². The quantitative estimate of drug-likeness (QED) is 0.782. The molecule has 0 aliphatic carbocycles. The van der Waals surface area contributed by atoms with Gasteiger partial charge in [-0.05, 0) is 34.0 Å². The maximum absolute atomic E-state index is 13.7. The van der Waals surface area contributed by atoms with Gasteiger partial charge >= 0.3 is 0 Å². The Hall–Kier alpha value is -1.10. The van der Waals surface area contributed by atoms with Gasteiger partial charge in [-0.2, -0.15) is 11.8 Å². The van der Waals surface area contributed by atoms with Crippen molar-refractivity contribution in [1.29, 1.82) is 0 Å². The van der Waals surface area contributed by atoms with Gasteiger partial charge in [0.05, 0.1) is 17.5 Å². The monoisotopic (exact) mass is 286 g/mol. The molecule has 108 valence electrons. The molecule has 19 heavy (non-hydrogen) atoms. The third kappa shape index (κ3) is 4.82. The van der Waals surface area contributed by atoms with Crippen molar-refractivity contribution in [2.75, 3.05) is 23.9 Å². The highest BCUT2D eigenvalue weighted by atomic mass is 32.2. The lowest BCUT2D eigenvalue weighted by Crippen LogP contribution is -2.26. The number of nitrogens with two attached hydrogens (primary N) is 1. The number of rotatable bonds is 6. The zero-order chi connectivity index (χ0) is 14.6. The van der Waals surface area contributed by atoms with Gasteiger partial charge in [-0.25, -0.2) is 4.39 Å². The van der Waals surface area contributed by atoms with Crippen molar-refractivity contribution in [3.8, 4) is 5.75 Å². The summed E-state index contributed by atoms with van der Waals surface area (Å²) in [6, 6.07) is 2.92. The van der Waals surface area contributed by atoms with Crippen LogP contribution < -0.4 is 15.8 Å². The number of halogens is 1. The average Bonchev–Trinajstić information content (AvgIpc) is 2.30. The lowest BCUT2D eigenvalue weighted by atomic mass is 10.2. The number of nitrogen functional groups attached to an aromatic ring is 1. The minimum atomic E-state index is -0.430. The van der Waals surface area contributed by atoms with Crippen LogP contribution in [0.4, 0.5) is 15.8 Å². The molecule has 1 rings (SSSR count). The number of hydrogen-bond donors (Lipinski definition) is 2. The molecule has 0 aromatic heterocycles. The minimum absolute atomic E-state index is 0.0754. The Bertz CT molecular complexity index is 436. The lowest BCUT2D eigenvalue weighted by Gasteiger charge is -2.24. The van der Waals surface area contributed by atoms with Crippen LogP contribution in [0.15, 0.2) is 12.1 Å². The molecule has 5 heteroatoms. The van der Waals surface area contributed by atoms with E-state index in [0.29, 0.717) is 11.4 Å². The molecule has 0 fully saturated rings. The Balaban J connectivity index is 2.89. The molecule has 3 nitrogen and oxygen atoms in total. The van der Waals surface area contributed by atoms with Crippen molar-refractivity contribution in [3.05, 3.63) is 17.9 Å². The molecule has 1 aromatic carbocycles. The molecule has 0 atom stereocenters. The maximum atomic E-state index is 13.7. The van der Waals surface area contributed by atoms with Gasteiger partial charge in [0.25, 0.3) is 0 Å². The second kappa shape index (κ2) is 6.37. The predicted molar refractivity (Wildman–Crippen MR) is 82.7 cm³/mol. The van der Waals surface area contributed by atoms with E-state index in [2.05, 4.69) is 25.4 Å². The van der Waals surface area contributed by atoms with Gasteiger partial charge in [0, 0.05) is 23.4 Å². The normalized spacial score (nSPS) is 11.7. The van der Waals surface area contributed by atoms with Gasteiger partial charge in [0.1, 0.15) is 0 Å². The molecule has 0 bridgehead atoms. The van der Waals surface area contributed by atoms with Crippen molar-refractivity contribution in [3.63, 3.8) is 0 Å².